The van der Waals surface area contributed by atoms with Crippen molar-refractivity contribution in [2.24, 2.45) is 0 Å². The highest BCUT2D eigenvalue weighted by Crippen LogP contribution is 2.12. The Bertz CT molecular complexity index is 570. The van der Waals surface area contributed by atoms with Crippen LogP contribution in [-0.2, 0) is 0 Å². The van der Waals surface area contributed by atoms with Gasteiger partial charge in [-0.2, -0.15) is 3.96 Å². The number of nitrogens with zero attached hydrogens (tertiary/aromatic N) is 3. The van der Waals surface area contributed by atoms with Gasteiger partial charge in [0.25, 0.3) is 5.56 Å². The van der Waals surface area contributed by atoms with Gasteiger partial charge in [-0.3, -0.25) is 4.79 Å². The smallest absolute Gasteiger partial charge is 0.329 e. The lowest BCUT2D eigenvalue weighted by atomic mass is 10.4. The molecule has 2 rings (SSSR count). The zero-order valence-corrected chi connectivity index (χ0v) is 9.11. The van der Waals surface area contributed by atoms with E-state index in [1.165, 1.54) is 4.90 Å². The quantitative estimate of drug-likeness (QED) is 0.669. The second-order valence-electron chi connectivity index (χ2n) is 3.22. The van der Waals surface area contributed by atoms with Crippen LogP contribution in [0, 0.1) is 0 Å². The maximum atomic E-state index is 11.8. The van der Waals surface area contributed by atoms with E-state index >= 15 is 0 Å². The number of amides is 1. The number of hydrogen-bond donors (Lipinski definition) is 0. The molecule has 0 saturated carbocycles. The third kappa shape index (κ3) is 1.52. The molecule has 78 valence electrons. The van der Waals surface area contributed by atoms with E-state index < -0.39 is 0 Å². The van der Waals surface area contributed by atoms with Gasteiger partial charge >= 0.3 is 6.03 Å². The Morgan fingerprint density at radius 3 is 2.87 bits per heavy atom. The highest BCUT2D eigenvalue weighted by Gasteiger charge is 2.15. The Morgan fingerprint density at radius 1 is 1.53 bits per heavy atom. The van der Waals surface area contributed by atoms with Crippen LogP contribution < -0.4 is 5.56 Å². The molecule has 2 heterocycles. The summed E-state index contributed by atoms with van der Waals surface area (Å²) in [6.45, 7) is 0. The van der Waals surface area contributed by atoms with Gasteiger partial charge in [0.15, 0.2) is 0 Å². The molecular formula is C9H9N3O2S. The van der Waals surface area contributed by atoms with Crippen LogP contribution in [0.4, 0.5) is 4.79 Å². The summed E-state index contributed by atoms with van der Waals surface area (Å²) in [7, 11) is 3.21. The fourth-order valence-electron chi connectivity index (χ4n) is 1.17. The van der Waals surface area contributed by atoms with E-state index in [1.807, 2.05) is 0 Å². The molecule has 0 radical (unpaired) electrons. The molecule has 5 nitrogen and oxygen atoms in total. The Hall–Kier alpha value is -1.69. The lowest BCUT2D eigenvalue weighted by molar-refractivity contribution is 0.221. The van der Waals surface area contributed by atoms with Crippen LogP contribution in [0.2, 0.25) is 0 Å². The Kier molecular flexibility index (Phi) is 2.28. The summed E-state index contributed by atoms with van der Waals surface area (Å²) in [6.07, 6.45) is 1.60. The predicted molar refractivity (Wildman–Crippen MR) is 58.4 cm³/mol. The average molecular weight is 223 g/mol. The van der Waals surface area contributed by atoms with Gasteiger partial charge in [-0.15, -0.1) is 0 Å². The number of carbonyl (C=O) groups excluding carboxylic acids is 1. The van der Waals surface area contributed by atoms with Crippen LogP contribution in [-0.4, -0.2) is 34.0 Å². The molecular weight excluding hydrogens is 214 g/mol. The minimum Gasteiger partial charge on any atom is -0.329 e. The molecule has 0 fully saturated rings. The molecule has 0 N–H and O–H groups in total. The van der Waals surface area contributed by atoms with Gasteiger partial charge in [0, 0.05) is 20.3 Å². The lowest BCUT2D eigenvalue weighted by Crippen LogP contribution is -2.31. The summed E-state index contributed by atoms with van der Waals surface area (Å²) >= 11 is 1.06. The molecule has 0 saturated heterocycles. The largest absolute Gasteiger partial charge is 0.340 e. The number of hydrogen-bond acceptors (Lipinski definition) is 4. The molecule has 0 unspecified atom stereocenters. The summed E-state index contributed by atoms with van der Waals surface area (Å²) in [5.74, 6) is 0. The van der Waals surface area contributed by atoms with Crippen molar-refractivity contribution in [3.8, 4) is 0 Å². The van der Waals surface area contributed by atoms with Crippen molar-refractivity contribution in [2.75, 3.05) is 14.1 Å². The molecule has 0 aliphatic heterocycles. The van der Waals surface area contributed by atoms with Crippen molar-refractivity contribution in [1.82, 2.24) is 13.8 Å². The SMILES string of the molecule is CN(C)C(=O)n1sc2ncccc2c1=O. The van der Waals surface area contributed by atoms with Crippen molar-refractivity contribution in [3.05, 3.63) is 28.7 Å². The number of rotatable bonds is 0. The molecule has 2 aromatic rings. The summed E-state index contributed by atoms with van der Waals surface area (Å²) < 4.78 is 1.11. The molecule has 6 heteroatoms. The molecule has 0 spiro atoms. The van der Waals surface area contributed by atoms with Crippen molar-refractivity contribution < 1.29 is 4.79 Å². The zero-order valence-electron chi connectivity index (χ0n) is 8.30. The van der Waals surface area contributed by atoms with Crippen LogP contribution >= 0.6 is 11.5 Å². The maximum absolute atomic E-state index is 11.8. The molecule has 2 aromatic heterocycles. The zero-order chi connectivity index (χ0) is 11.0. The highest BCUT2D eigenvalue weighted by atomic mass is 32.1. The van der Waals surface area contributed by atoms with Crippen LogP contribution in [0.5, 0.6) is 0 Å². The van der Waals surface area contributed by atoms with E-state index in [0.29, 0.717) is 10.2 Å². The summed E-state index contributed by atoms with van der Waals surface area (Å²) in [4.78, 5) is 29.3. The fraction of sp³-hybridized carbons (Fsp3) is 0.222. The van der Waals surface area contributed by atoms with E-state index in [-0.39, 0.29) is 11.6 Å². The van der Waals surface area contributed by atoms with Gasteiger partial charge in [0.1, 0.15) is 4.83 Å². The minimum absolute atomic E-state index is 0.304. The van der Waals surface area contributed by atoms with Crippen LogP contribution in [0.15, 0.2) is 23.1 Å². The molecule has 0 atom stereocenters. The highest BCUT2D eigenvalue weighted by molar-refractivity contribution is 7.14. The van der Waals surface area contributed by atoms with Gasteiger partial charge in [0.2, 0.25) is 0 Å². The normalized spacial score (nSPS) is 10.5. The van der Waals surface area contributed by atoms with Crippen molar-refractivity contribution >= 4 is 27.8 Å². The minimum atomic E-state index is -0.344. The maximum Gasteiger partial charge on any atom is 0.340 e. The first kappa shape index (κ1) is 9.85. The number of carbonyl (C=O) groups is 1. The molecule has 15 heavy (non-hydrogen) atoms. The van der Waals surface area contributed by atoms with Gasteiger partial charge in [-0.05, 0) is 23.7 Å². The van der Waals surface area contributed by atoms with Crippen LogP contribution in [0.3, 0.4) is 0 Å². The van der Waals surface area contributed by atoms with Gasteiger partial charge in [-0.25, -0.2) is 9.78 Å². The molecule has 0 bridgehead atoms. The second-order valence-corrected chi connectivity index (χ2v) is 4.16. The standard InChI is InChI=1S/C9H9N3O2S/c1-11(2)9(14)12-8(13)6-4-3-5-10-7(6)15-12/h3-5H,1-2H3. The van der Waals surface area contributed by atoms with E-state index in [9.17, 15) is 9.59 Å². The van der Waals surface area contributed by atoms with Crippen molar-refractivity contribution in [2.45, 2.75) is 0 Å². The van der Waals surface area contributed by atoms with E-state index in [2.05, 4.69) is 4.98 Å². The first-order chi connectivity index (χ1) is 7.11. The van der Waals surface area contributed by atoms with Crippen LogP contribution in [0.25, 0.3) is 10.2 Å². The third-order valence-corrected chi connectivity index (χ3v) is 2.92. The summed E-state index contributed by atoms with van der Waals surface area (Å²) in [5, 5.41) is 0.484. The summed E-state index contributed by atoms with van der Waals surface area (Å²) in [5.41, 5.74) is -0.304. The second kappa shape index (κ2) is 3.47. The van der Waals surface area contributed by atoms with E-state index in [1.54, 1.807) is 32.4 Å². The van der Waals surface area contributed by atoms with Crippen LogP contribution in [0.1, 0.15) is 0 Å². The predicted octanol–water partition coefficient (Wildman–Crippen LogP) is 0.988. The Balaban J connectivity index is 2.69. The fourth-order valence-corrected chi connectivity index (χ4v) is 2.13. The van der Waals surface area contributed by atoms with Crippen molar-refractivity contribution in [3.63, 3.8) is 0 Å². The Labute approximate surface area is 89.7 Å². The Morgan fingerprint density at radius 2 is 2.27 bits per heavy atom. The number of aromatic nitrogens is 2. The summed E-state index contributed by atoms with van der Waals surface area (Å²) in [6, 6.07) is 3.00. The lowest BCUT2D eigenvalue weighted by Gasteiger charge is -2.07. The monoisotopic (exact) mass is 223 g/mol. The first-order valence-electron chi connectivity index (χ1n) is 4.30. The molecule has 0 aromatic carbocycles. The average Bonchev–Trinajstić information content (AvgIpc) is 2.56. The van der Waals surface area contributed by atoms with Gasteiger partial charge < -0.3 is 4.90 Å². The topological polar surface area (TPSA) is 55.2 Å². The third-order valence-electron chi connectivity index (χ3n) is 1.92. The molecule has 0 aliphatic rings. The van der Waals surface area contributed by atoms with E-state index in [0.717, 1.165) is 15.5 Å². The number of fused-ring (bicyclic) bond motifs is 1. The van der Waals surface area contributed by atoms with Crippen molar-refractivity contribution in [1.29, 1.82) is 0 Å². The first-order valence-corrected chi connectivity index (χ1v) is 5.07. The molecule has 1 amide bonds. The number of pyridine rings is 1. The van der Waals surface area contributed by atoms with E-state index in [4.69, 9.17) is 0 Å². The molecule has 0 aliphatic carbocycles. The van der Waals surface area contributed by atoms with Gasteiger partial charge in [0.05, 0.1) is 5.39 Å². The van der Waals surface area contributed by atoms with Gasteiger partial charge in [-0.1, -0.05) is 0 Å².